The molecule has 1 heterocycles. The van der Waals surface area contributed by atoms with Gasteiger partial charge in [-0.25, -0.2) is 9.86 Å². The van der Waals surface area contributed by atoms with Crippen molar-refractivity contribution in [3.05, 3.63) is 0 Å². The van der Waals surface area contributed by atoms with Crippen molar-refractivity contribution in [3.63, 3.8) is 0 Å². The molecule has 1 rings (SSSR count). The van der Waals surface area contributed by atoms with E-state index in [1.165, 1.54) is 0 Å². The van der Waals surface area contributed by atoms with Crippen molar-refractivity contribution in [2.24, 2.45) is 11.1 Å². The van der Waals surface area contributed by atoms with Gasteiger partial charge in [0.1, 0.15) is 0 Å². The number of nitrogens with zero attached hydrogens (tertiary/aromatic N) is 1. The van der Waals surface area contributed by atoms with Crippen LogP contribution in [0.5, 0.6) is 0 Å². The van der Waals surface area contributed by atoms with Crippen LogP contribution in [0.15, 0.2) is 0 Å². The second kappa shape index (κ2) is 5.85. The Morgan fingerprint density at radius 1 is 1.56 bits per heavy atom. The fourth-order valence-electron chi connectivity index (χ4n) is 2.03. The molecule has 1 amide bonds. The van der Waals surface area contributed by atoms with E-state index in [0.29, 0.717) is 6.54 Å². The van der Waals surface area contributed by atoms with Crippen LogP contribution in [0, 0.1) is 5.92 Å². The first-order chi connectivity index (χ1) is 8.09. The van der Waals surface area contributed by atoms with Crippen LogP contribution >= 0.6 is 15.9 Å². The van der Waals surface area contributed by atoms with Crippen LogP contribution in [0.4, 0.5) is 0 Å². The average molecular weight is 342 g/mol. The highest BCUT2D eigenvalue weighted by Gasteiger charge is 2.32. The van der Waals surface area contributed by atoms with E-state index in [1.807, 2.05) is 13.8 Å². The van der Waals surface area contributed by atoms with Gasteiger partial charge < -0.3 is 4.90 Å². The van der Waals surface area contributed by atoms with Crippen LogP contribution in [0.2, 0.25) is 0 Å². The average Bonchev–Trinajstić information content (AvgIpc) is 2.23. The number of carbonyl (C=O) groups excluding carboxylic acids is 1. The van der Waals surface area contributed by atoms with Gasteiger partial charge in [0.05, 0.1) is 4.32 Å². The molecule has 0 bridgehead atoms. The highest BCUT2D eigenvalue weighted by Crippen LogP contribution is 2.23. The van der Waals surface area contributed by atoms with E-state index in [0.717, 1.165) is 19.4 Å². The Kier molecular flexibility index (Phi) is 5.16. The zero-order valence-corrected chi connectivity index (χ0v) is 13.1. The summed E-state index contributed by atoms with van der Waals surface area (Å²) in [6.07, 6.45) is 1.78. The quantitative estimate of drug-likeness (QED) is 0.715. The van der Waals surface area contributed by atoms with Gasteiger partial charge in [-0.1, -0.05) is 15.9 Å². The van der Waals surface area contributed by atoms with Crippen molar-refractivity contribution in [2.45, 2.75) is 31.0 Å². The fraction of sp³-hybridized carbons (Fsp3) is 0.900. The third-order valence-electron chi connectivity index (χ3n) is 2.89. The molecule has 106 valence electrons. The number of nitrogens with one attached hydrogen (secondary N) is 1. The van der Waals surface area contributed by atoms with E-state index in [-0.39, 0.29) is 18.4 Å². The van der Waals surface area contributed by atoms with Crippen LogP contribution in [0.25, 0.3) is 0 Å². The molecule has 8 heteroatoms. The van der Waals surface area contributed by atoms with Crippen LogP contribution in [-0.2, 0) is 15.0 Å². The first-order valence-corrected chi connectivity index (χ1v) is 8.19. The molecule has 0 spiro atoms. The van der Waals surface area contributed by atoms with Crippen molar-refractivity contribution in [1.29, 1.82) is 0 Å². The van der Waals surface area contributed by atoms with Crippen LogP contribution in [0.3, 0.4) is 0 Å². The highest BCUT2D eigenvalue weighted by molar-refractivity contribution is 9.10. The second-order valence-electron chi connectivity index (χ2n) is 5.13. The lowest BCUT2D eigenvalue weighted by Crippen LogP contribution is -2.49. The highest BCUT2D eigenvalue weighted by atomic mass is 79.9. The zero-order chi connectivity index (χ0) is 14.0. The molecule has 0 aromatic rings. The Labute approximate surface area is 117 Å². The molecule has 0 radical (unpaired) electrons. The smallest absolute Gasteiger partial charge is 0.274 e. The minimum atomic E-state index is -3.65. The molecule has 6 nitrogen and oxygen atoms in total. The minimum absolute atomic E-state index is 0.0304. The maximum absolute atomic E-state index is 12.1. The Bertz CT molecular complexity index is 405. The number of piperidine rings is 1. The maximum Gasteiger partial charge on any atom is 0.274 e. The van der Waals surface area contributed by atoms with Gasteiger partial charge in [0.15, 0.2) is 0 Å². The summed E-state index contributed by atoms with van der Waals surface area (Å²) in [7, 11) is -3.65. The summed E-state index contributed by atoms with van der Waals surface area (Å²) >= 11 is 3.35. The van der Waals surface area contributed by atoms with Gasteiger partial charge in [0, 0.05) is 19.6 Å². The lowest BCUT2D eigenvalue weighted by molar-refractivity contribution is -0.134. The first-order valence-electron chi connectivity index (χ1n) is 5.85. The van der Waals surface area contributed by atoms with E-state index in [4.69, 9.17) is 5.14 Å². The molecule has 1 fully saturated rings. The molecule has 1 saturated heterocycles. The number of halogens is 1. The largest absolute Gasteiger partial charge is 0.341 e. The summed E-state index contributed by atoms with van der Waals surface area (Å²) in [5.74, 6) is 0.152. The summed E-state index contributed by atoms with van der Waals surface area (Å²) in [6, 6.07) is 0. The Morgan fingerprint density at radius 3 is 2.67 bits per heavy atom. The van der Waals surface area contributed by atoms with Gasteiger partial charge in [-0.3, -0.25) is 4.79 Å². The van der Waals surface area contributed by atoms with Crippen molar-refractivity contribution < 1.29 is 13.2 Å². The molecule has 3 N–H and O–H groups in total. The molecule has 18 heavy (non-hydrogen) atoms. The Balaban J connectivity index is 2.54. The van der Waals surface area contributed by atoms with Crippen molar-refractivity contribution >= 4 is 32.0 Å². The van der Waals surface area contributed by atoms with Gasteiger partial charge in [0.25, 0.3) is 10.2 Å². The SMILES string of the molecule is CC(C)(Br)C(=O)N1CCCC(CNS(N)(=O)=O)C1. The predicted octanol–water partition coefficient (Wildman–Crippen LogP) is 0.192. The maximum atomic E-state index is 12.1. The number of rotatable bonds is 4. The third kappa shape index (κ3) is 5.21. The number of likely N-dealkylation sites (tertiary alicyclic amines) is 1. The number of amides is 1. The van der Waals surface area contributed by atoms with Crippen LogP contribution in [-0.4, -0.2) is 43.2 Å². The fourth-order valence-corrected chi connectivity index (χ4v) is 2.74. The van der Waals surface area contributed by atoms with E-state index >= 15 is 0 Å². The molecular formula is C10H20BrN3O3S. The number of carbonyl (C=O) groups is 1. The minimum Gasteiger partial charge on any atom is -0.341 e. The van der Waals surface area contributed by atoms with E-state index in [2.05, 4.69) is 20.7 Å². The zero-order valence-electron chi connectivity index (χ0n) is 10.6. The summed E-state index contributed by atoms with van der Waals surface area (Å²) in [6.45, 7) is 5.19. The number of nitrogens with two attached hydrogens (primary N) is 1. The molecule has 0 saturated carbocycles. The van der Waals surface area contributed by atoms with E-state index < -0.39 is 14.5 Å². The topological polar surface area (TPSA) is 92.5 Å². The monoisotopic (exact) mass is 341 g/mol. The van der Waals surface area contributed by atoms with Crippen molar-refractivity contribution in [1.82, 2.24) is 9.62 Å². The van der Waals surface area contributed by atoms with E-state index in [9.17, 15) is 13.2 Å². The lowest BCUT2D eigenvalue weighted by Gasteiger charge is -2.35. The summed E-state index contributed by atoms with van der Waals surface area (Å²) in [5, 5.41) is 4.89. The molecule has 1 atom stereocenters. The first kappa shape index (κ1) is 15.9. The number of hydrogen-bond donors (Lipinski definition) is 2. The number of alkyl halides is 1. The van der Waals surface area contributed by atoms with Crippen LogP contribution in [0.1, 0.15) is 26.7 Å². The van der Waals surface area contributed by atoms with Crippen molar-refractivity contribution in [2.75, 3.05) is 19.6 Å². The van der Waals surface area contributed by atoms with Gasteiger partial charge in [-0.2, -0.15) is 8.42 Å². The predicted molar refractivity (Wildman–Crippen MR) is 73.4 cm³/mol. The Hall–Kier alpha value is -0.180. The normalized spacial score (nSPS) is 22.0. The van der Waals surface area contributed by atoms with Crippen LogP contribution < -0.4 is 9.86 Å². The summed E-state index contributed by atoms with van der Waals surface area (Å²) in [4.78, 5) is 13.9. The Morgan fingerprint density at radius 2 is 2.17 bits per heavy atom. The standard InChI is InChI=1S/C10H20BrN3O3S/c1-10(2,11)9(15)14-5-3-4-8(7-14)6-13-18(12,16)17/h8,13H,3-7H2,1-2H3,(H2,12,16,17). The van der Waals surface area contributed by atoms with Gasteiger partial charge in [-0.15, -0.1) is 0 Å². The summed E-state index contributed by atoms with van der Waals surface area (Å²) in [5.41, 5.74) is 0. The molecule has 0 aliphatic carbocycles. The molecular weight excluding hydrogens is 322 g/mol. The molecule has 1 aliphatic heterocycles. The van der Waals surface area contributed by atoms with Gasteiger partial charge in [-0.05, 0) is 32.6 Å². The molecule has 0 aromatic carbocycles. The third-order valence-corrected chi connectivity index (χ3v) is 3.80. The molecule has 1 aliphatic rings. The number of hydrogen-bond acceptors (Lipinski definition) is 3. The van der Waals surface area contributed by atoms with E-state index in [1.54, 1.807) is 4.90 Å². The van der Waals surface area contributed by atoms with Gasteiger partial charge >= 0.3 is 0 Å². The second-order valence-corrected chi connectivity index (χ2v) is 8.49. The molecule has 0 aromatic heterocycles. The molecule has 1 unspecified atom stereocenters. The summed E-state index contributed by atoms with van der Waals surface area (Å²) < 4.78 is 23.4. The van der Waals surface area contributed by atoms with Crippen molar-refractivity contribution in [3.8, 4) is 0 Å². The van der Waals surface area contributed by atoms with Gasteiger partial charge in [0.2, 0.25) is 5.91 Å². The lowest BCUT2D eigenvalue weighted by atomic mass is 9.97.